The lowest BCUT2D eigenvalue weighted by Gasteiger charge is -2.20. The monoisotopic (exact) mass is 129 g/mol. The predicted octanol–water partition coefficient (Wildman–Crippen LogP) is 0.279. The lowest BCUT2D eigenvalue weighted by molar-refractivity contribution is 0.371. The Hall–Kier alpha value is -0.345. The van der Waals surface area contributed by atoms with E-state index in [1.54, 1.807) is 6.92 Å². The van der Waals surface area contributed by atoms with Gasteiger partial charge in [0.2, 0.25) is 0 Å². The van der Waals surface area contributed by atoms with Crippen LogP contribution in [0.25, 0.3) is 0 Å². The Kier molecular flexibility index (Phi) is 2.87. The van der Waals surface area contributed by atoms with E-state index in [0.717, 1.165) is 6.21 Å². The maximum absolute atomic E-state index is 8.68. The third-order valence-corrected chi connectivity index (χ3v) is 1.68. The highest BCUT2D eigenvalue weighted by Crippen LogP contribution is 2.27. The molecule has 0 amide bonds. The van der Waals surface area contributed by atoms with Gasteiger partial charge in [0.15, 0.2) is 0 Å². The van der Waals surface area contributed by atoms with Gasteiger partial charge < -0.3 is 15.5 Å². The lowest BCUT2D eigenvalue weighted by Crippen LogP contribution is -2.30. The normalized spacial score (nSPS) is 16.4. The van der Waals surface area contributed by atoms with Crippen LogP contribution in [0.4, 0.5) is 0 Å². The van der Waals surface area contributed by atoms with Gasteiger partial charge in [-0.2, -0.15) is 0 Å². The van der Waals surface area contributed by atoms with E-state index in [0.29, 0.717) is 6.42 Å². The van der Waals surface area contributed by atoms with Gasteiger partial charge in [-0.05, 0) is 12.6 Å². The Bertz CT molecular complexity index is 107. The van der Waals surface area contributed by atoms with Crippen molar-refractivity contribution in [2.24, 2.45) is 0 Å². The molecule has 0 fully saturated rings. The average molecular weight is 129 g/mol. The van der Waals surface area contributed by atoms with E-state index in [2.05, 4.69) is 0 Å². The molecule has 0 spiro atoms. The molecule has 1 unspecified atom stereocenters. The summed E-state index contributed by atoms with van der Waals surface area (Å²) in [6.07, 6.45) is 1.63. The van der Waals surface area contributed by atoms with Gasteiger partial charge in [0.25, 0.3) is 0 Å². The second kappa shape index (κ2) is 2.99. The molecule has 9 heavy (non-hydrogen) atoms. The highest BCUT2D eigenvalue weighted by atomic mass is 16.4. The first kappa shape index (κ1) is 8.65. The van der Waals surface area contributed by atoms with Crippen molar-refractivity contribution in [1.82, 2.24) is 0 Å². The molecule has 1 atom stereocenters. The van der Waals surface area contributed by atoms with Gasteiger partial charge in [0.05, 0.1) is 0 Å². The quantitative estimate of drug-likeness (QED) is 0.378. The van der Waals surface area contributed by atoms with E-state index in [1.807, 2.05) is 6.92 Å². The Morgan fingerprint density at radius 2 is 2.11 bits per heavy atom. The lowest BCUT2D eigenvalue weighted by atomic mass is 9.58. The molecule has 3 N–H and O–H groups in total. The van der Waals surface area contributed by atoms with Crippen molar-refractivity contribution in [1.29, 1.82) is 5.41 Å². The summed E-state index contributed by atoms with van der Waals surface area (Å²) in [5.41, 5.74) is 0. The molecular weight excluding hydrogens is 117 g/mol. The first-order chi connectivity index (χ1) is 4.06. The highest BCUT2D eigenvalue weighted by Gasteiger charge is 2.33. The molecule has 0 aliphatic rings. The fraction of sp³-hybridized carbons (Fsp3) is 0.800. The molecular formula is C5H12BNO2. The average Bonchev–Trinajstić information content (AvgIpc) is 1.86. The third-order valence-electron chi connectivity index (χ3n) is 1.68. The predicted molar refractivity (Wildman–Crippen MR) is 37.6 cm³/mol. The maximum atomic E-state index is 8.68. The summed E-state index contributed by atoms with van der Waals surface area (Å²) in [6, 6.07) is 0. The van der Waals surface area contributed by atoms with Crippen molar-refractivity contribution in [2.75, 3.05) is 0 Å². The Morgan fingerprint density at radius 3 is 2.11 bits per heavy atom. The molecule has 3 nitrogen and oxygen atoms in total. The van der Waals surface area contributed by atoms with Gasteiger partial charge >= 0.3 is 7.12 Å². The van der Waals surface area contributed by atoms with Crippen LogP contribution in [0.5, 0.6) is 0 Å². The topological polar surface area (TPSA) is 64.3 Å². The molecule has 0 saturated carbocycles. The molecule has 0 aliphatic heterocycles. The van der Waals surface area contributed by atoms with Crippen molar-refractivity contribution in [3.63, 3.8) is 0 Å². The molecule has 0 saturated heterocycles. The van der Waals surface area contributed by atoms with E-state index < -0.39 is 12.4 Å². The third kappa shape index (κ3) is 1.80. The first-order valence-corrected chi connectivity index (χ1v) is 2.94. The summed E-state index contributed by atoms with van der Waals surface area (Å²) in [5, 5.41) is 23.4. The summed E-state index contributed by atoms with van der Waals surface area (Å²) in [4.78, 5) is 0. The summed E-state index contributed by atoms with van der Waals surface area (Å²) < 4.78 is 0. The molecule has 0 bridgehead atoms. The van der Waals surface area contributed by atoms with Crippen LogP contribution >= 0.6 is 0 Å². The first-order valence-electron chi connectivity index (χ1n) is 2.94. The van der Waals surface area contributed by atoms with E-state index in [1.165, 1.54) is 0 Å². The van der Waals surface area contributed by atoms with Crippen LogP contribution in [0.2, 0.25) is 5.31 Å². The minimum Gasteiger partial charge on any atom is -0.426 e. The fourth-order valence-corrected chi connectivity index (χ4v) is 0.359. The number of hydrogen-bond donors (Lipinski definition) is 3. The van der Waals surface area contributed by atoms with Gasteiger partial charge in [-0.1, -0.05) is 13.8 Å². The number of nitrogens with one attached hydrogen (secondary N) is 1. The molecule has 0 aromatic heterocycles. The largest absolute Gasteiger partial charge is 0.463 e. The standard InChI is InChI=1S/C5H12BNO2/c1-3-5(2,4-7)6(8)9/h4,7-9H,3H2,1-2H3. The highest BCUT2D eigenvalue weighted by molar-refractivity contribution is 6.50. The zero-order valence-electron chi connectivity index (χ0n) is 5.76. The van der Waals surface area contributed by atoms with Crippen LogP contribution in [0.3, 0.4) is 0 Å². The summed E-state index contributed by atoms with van der Waals surface area (Å²) in [6.45, 7) is 3.44. The van der Waals surface area contributed by atoms with Gasteiger partial charge in [-0.15, -0.1) is 0 Å². The SMILES string of the molecule is CCC(C)(C=N)B(O)O. The Morgan fingerprint density at radius 1 is 1.67 bits per heavy atom. The molecule has 0 aromatic carbocycles. The minimum absolute atomic E-state index is 0.564. The van der Waals surface area contributed by atoms with Gasteiger partial charge in [-0.25, -0.2) is 0 Å². The van der Waals surface area contributed by atoms with Crippen molar-refractivity contribution in [2.45, 2.75) is 25.6 Å². The van der Waals surface area contributed by atoms with E-state index in [9.17, 15) is 0 Å². The summed E-state index contributed by atoms with van der Waals surface area (Å²) >= 11 is 0. The zero-order valence-corrected chi connectivity index (χ0v) is 5.76. The van der Waals surface area contributed by atoms with Crippen LogP contribution in [-0.4, -0.2) is 23.4 Å². The Labute approximate surface area is 55.4 Å². The van der Waals surface area contributed by atoms with E-state index in [4.69, 9.17) is 15.5 Å². The second-order valence-electron chi connectivity index (χ2n) is 2.38. The van der Waals surface area contributed by atoms with Gasteiger partial charge in [0.1, 0.15) is 0 Å². The van der Waals surface area contributed by atoms with Crippen molar-refractivity contribution < 1.29 is 10.0 Å². The van der Waals surface area contributed by atoms with Gasteiger partial charge in [-0.3, -0.25) is 0 Å². The van der Waals surface area contributed by atoms with Crippen LogP contribution in [0, 0.1) is 5.41 Å². The molecule has 0 heterocycles. The summed E-state index contributed by atoms with van der Waals surface area (Å²) in [5.74, 6) is 0. The molecule has 0 aliphatic carbocycles. The zero-order chi connectivity index (χ0) is 7.49. The van der Waals surface area contributed by atoms with E-state index >= 15 is 0 Å². The molecule has 0 aromatic rings. The number of rotatable bonds is 3. The maximum Gasteiger partial charge on any atom is 0.463 e. The van der Waals surface area contributed by atoms with Crippen LogP contribution < -0.4 is 0 Å². The van der Waals surface area contributed by atoms with Crippen molar-refractivity contribution in [3.8, 4) is 0 Å². The van der Waals surface area contributed by atoms with Crippen LogP contribution in [0.1, 0.15) is 20.3 Å². The van der Waals surface area contributed by atoms with Crippen molar-refractivity contribution in [3.05, 3.63) is 0 Å². The number of hydrogen-bond acceptors (Lipinski definition) is 3. The second-order valence-corrected chi connectivity index (χ2v) is 2.38. The minimum atomic E-state index is -1.42. The van der Waals surface area contributed by atoms with Crippen molar-refractivity contribution >= 4 is 13.3 Å². The van der Waals surface area contributed by atoms with Gasteiger partial charge in [0, 0.05) is 5.31 Å². The molecule has 52 valence electrons. The fourth-order valence-electron chi connectivity index (χ4n) is 0.359. The van der Waals surface area contributed by atoms with Crippen LogP contribution in [-0.2, 0) is 0 Å². The molecule has 0 radical (unpaired) electrons. The summed E-state index contributed by atoms with van der Waals surface area (Å²) in [7, 11) is -1.42. The smallest absolute Gasteiger partial charge is 0.426 e. The Balaban J connectivity index is 4.08. The molecule has 0 rings (SSSR count). The molecule has 4 heteroatoms. The van der Waals surface area contributed by atoms with Crippen LogP contribution in [0.15, 0.2) is 0 Å². The van der Waals surface area contributed by atoms with E-state index in [-0.39, 0.29) is 0 Å².